The van der Waals surface area contributed by atoms with Gasteiger partial charge in [0.15, 0.2) is 0 Å². The van der Waals surface area contributed by atoms with Gasteiger partial charge in [0.25, 0.3) is 5.91 Å². The highest BCUT2D eigenvalue weighted by molar-refractivity contribution is 5.97. The van der Waals surface area contributed by atoms with E-state index in [2.05, 4.69) is 5.32 Å². The van der Waals surface area contributed by atoms with Crippen LogP contribution >= 0.6 is 0 Å². The van der Waals surface area contributed by atoms with Crippen LogP contribution in [0.15, 0.2) is 12.1 Å². The summed E-state index contributed by atoms with van der Waals surface area (Å²) in [6.07, 6.45) is 1.65. The van der Waals surface area contributed by atoms with E-state index in [1.165, 1.54) is 0 Å². The van der Waals surface area contributed by atoms with Crippen LogP contribution in [0.2, 0.25) is 0 Å². The summed E-state index contributed by atoms with van der Waals surface area (Å²) >= 11 is 0. The molecule has 0 radical (unpaired) electrons. The standard InChI is InChI=1S/C19H29N3O4/c1-5-7-20-19(24)22-9-6-8-21(10-11-22)18(23)15-13-16(25-3)14(2)12-17(15)26-4/h12-13H,5-11H2,1-4H3,(H,20,24). The van der Waals surface area contributed by atoms with Crippen molar-refractivity contribution in [3.8, 4) is 11.5 Å². The number of ether oxygens (including phenoxy) is 2. The number of methoxy groups -OCH3 is 2. The fourth-order valence-electron chi connectivity index (χ4n) is 3.06. The van der Waals surface area contributed by atoms with Crippen molar-refractivity contribution in [1.29, 1.82) is 0 Å². The second-order valence-corrected chi connectivity index (χ2v) is 6.39. The lowest BCUT2D eigenvalue weighted by molar-refractivity contribution is 0.0758. The largest absolute Gasteiger partial charge is 0.496 e. The summed E-state index contributed by atoms with van der Waals surface area (Å²) in [6.45, 7) is 6.87. The minimum absolute atomic E-state index is 0.0595. The number of carbonyl (C=O) groups excluding carboxylic acids is 2. The maximum absolute atomic E-state index is 13.0. The summed E-state index contributed by atoms with van der Waals surface area (Å²) in [4.78, 5) is 28.7. The van der Waals surface area contributed by atoms with E-state index in [1.807, 2.05) is 19.9 Å². The molecule has 1 aliphatic rings. The molecule has 0 spiro atoms. The van der Waals surface area contributed by atoms with Crippen LogP contribution in [-0.4, -0.2) is 68.7 Å². The minimum atomic E-state index is -0.101. The number of nitrogens with zero attached hydrogens (tertiary/aromatic N) is 2. The zero-order chi connectivity index (χ0) is 19.1. The molecule has 0 bridgehead atoms. The van der Waals surface area contributed by atoms with Gasteiger partial charge in [-0.2, -0.15) is 0 Å². The van der Waals surface area contributed by atoms with Gasteiger partial charge in [-0.3, -0.25) is 4.79 Å². The second kappa shape index (κ2) is 9.31. The summed E-state index contributed by atoms with van der Waals surface area (Å²) in [7, 11) is 3.14. The van der Waals surface area contributed by atoms with E-state index in [1.54, 1.807) is 30.1 Å². The molecule has 1 aliphatic heterocycles. The van der Waals surface area contributed by atoms with E-state index >= 15 is 0 Å². The number of hydrogen-bond acceptors (Lipinski definition) is 4. The number of rotatable bonds is 5. The van der Waals surface area contributed by atoms with Gasteiger partial charge in [0, 0.05) is 32.7 Å². The Morgan fingerprint density at radius 1 is 1.04 bits per heavy atom. The van der Waals surface area contributed by atoms with Gasteiger partial charge in [-0.25, -0.2) is 4.79 Å². The molecule has 0 unspecified atom stereocenters. The fraction of sp³-hybridized carbons (Fsp3) is 0.579. The van der Waals surface area contributed by atoms with Crippen molar-refractivity contribution in [3.63, 3.8) is 0 Å². The van der Waals surface area contributed by atoms with E-state index < -0.39 is 0 Å². The summed E-state index contributed by atoms with van der Waals surface area (Å²) in [5.41, 5.74) is 1.40. The Kier molecular flexibility index (Phi) is 7.12. The molecular weight excluding hydrogens is 334 g/mol. The Bertz CT molecular complexity index is 648. The van der Waals surface area contributed by atoms with Gasteiger partial charge in [0.1, 0.15) is 11.5 Å². The van der Waals surface area contributed by atoms with Gasteiger partial charge < -0.3 is 24.6 Å². The van der Waals surface area contributed by atoms with Crippen molar-refractivity contribution in [2.24, 2.45) is 0 Å². The average molecular weight is 363 g/mol. The quantitative estimate of drug-likeness (QED) is 0.871. The lowest BCUT2D eigenvalue weighted by atomic mass is 10.1. The number of benzene rings is 1. The number of nitrogens with one attached hydrogen (secondary N) is 1. The molecule has 1 N–H and O–H groups in total. The highest BCUT2D eigenvalue weighted by Crippen LogP contribution is 2.29. The first-order chi connectivity index (χ1) is 12.5. The molecule has 1 aromatic rings. The van der Waals surface area contributed by atoms with Crippen LogP contribution in [0.4, 0.5) is 4.79 Å². The van der Waals surface area contributed by atoms with Gasteiger partial charge in [-0.1, -0.05) is 6.92 Å². The van der Waals surface area contributed by atoms with Gasteiger partial charge in [0.05, 0.1) is 19.8 Å². The van der Waals surface area contributed by atoms with E-state index in [-0.39, 0.29) is 11.9 Å². The molecule has 1 aromatic carbocycles. The van der Waals surface area contributed by atoms with Gasteiger partial charge in [0.2, 0.25) is 0 Å². The van der Waals surface area contributed by atoms with Gasteiger partial charge in [-0.05, 0) is 37.5 Å². The van der Waals surface area contributed by atoms with Crippen molar-refractivity contribution in [2.45, 2.75) is 26.7 Å². The number of aryl methyl sites for hydroxylation is 1. The van der Waals surface area contributed by atoms with Crippen LogP contribution < -0.4 is 14.8 Å². The normalized spacial score (nSPS) is 14.6. The molecule has 0 aliphatic carbocycles. The smallest absolute Gasteiger partial charge is 0.317 e. The lowest BCUT2D eigenvalue weighted by Crippen LogP contribution is -2.42. The molecular formula is C19H29N3O4. The van der Waals surface area contributed by atoms with Crippen molar-refractivity contribution in [3.05, 3.63) is 23.3 Å². The van der Waals surface area contributed by atoms with Crippen LogP contribution in [0, 0.1) is 6.92 Å². The van der Waals surface area contributed by atoms with Crippen molar-refractivity contribution in [1.82, 2.24) is 15.1 Å². The number of urea groups is 1. The average Bonchev–Trinajstić information content (AvgIpc) is 2.91. The van der Waals surface area contributed by atoms with Crippen molar-refractivity contribution < 1.29 is 19.1 Å². The number of amides is 3. The predicted molar refractivity (Wildman–Crippen MR) is 100 cm³/mol. The maximum Gasteiger partial charge on any atom is 0.317 e. The summed E-state index contributed by atoms with van der Waals surface area (Å²) in [5, 5.41) is 2.89. The van der Waals surface area contributed by atoms with E-state index in [0.717, 1.165) is 18.4 Å². The fourth-order valence-corrected chi connectivity index (χ4v) is 3.06. The number of hydrogen-bond donors (Lipinski definition) is 1. The maximum atomic E-state index is 13.0. The zero-order valence-electron chi connectivity index (χ0n) is 16.1. The topological polar surface area (TPSA) is 71.1 Å². The van der Waals surface area contributed by atoms with Crippen LogP contribution in [0.25, 0.3) is 0 Å². The van der Waals surface area contributed by atoms with Crippen LogP contribution in [0.3, 0.4) is 0 Å². The highest BCUT2D eigenvalue weighted by Gasteiger charge is 2.25. The van der Waals surface area contributed by atoms with Crippen molar-refractivity contribution >= 4 is 11.9 Å². The Labute approximate surface area is 155 Å². The zero-order valence-corrected chi connectivity index (χ0v) is 16.1. The Hall–Kier alpha value is -2.44. The van der Waals surface area contributed by atoms with Crippen LogP contribution in [0.5, 0.6) is 11.5 Å². The first-order valence-corrected chi connectivity index (χ1v) is 9.06. The third-order valence-corrected chi connectivity index (χ3v) is 4.54. The molecule has 26 heavy (non-hydrogen) atoms. The second-order valence-electron chi connectivity index (χ2n) is 6.39. The van der Waals surface area contributed by atoms with E-state index in [9.17, 15) is 9.59 Å². The molecule has 1 fully saturated rings. The first kappa shape index (κ1) is 19.9. The minimum Gasteiger partial charge on any atom is -0.496 e. The summed E-state index contributed by atoms with van der Waals surface area (Å²) in [6, 6.07) is 3.48. The van der Waals surface area contributed by atoms with Crippen LogP contribution in [0.1, 0.15) is 35.7 Å². The third-order valence-electron chi connectivity index (χ3n) is 4.54. The third kappa shape index (κ3) is 4.59. The highest BCUT2D eigenvalue weighted by atomic mass is 16.5. The molecule has 144 valence electrons. The number of carbonyl (C=O) groups is 2. The first-order valence-electron chi connectivity index (χ1n) is 9.06. The molecule has 7 heteroatoms. The van der Waals surface area contributed by atoms with Crippen LogP contribution in [-0.2, 0) is 0 Å². The van der Waals surface area contributed by atoms with E-state index in [4.69, 9.17) is 9.47 Å². The summed E-state index contributed by atoms with van der Waals surface area (Å²) < 4.78 is 10.7. The van der Waals surface area contributed by atoms with Crippen molar-refractivity contribution in [2.75, 3.05) is 46.9 Å². The Morgan fingerprint density at radius 3 is 2.35 bits per heavy atom. The molecule has 0 atom stereocenters. The lowest BCUT2D eigenvalue weighted by Gasteiger charge is -2.23. The van der Waals surface area contributed by atoms with Gasteiger partial charge in [-0.15, -0.1) is 0 Å². The molecule has 1 saturated heterocycles. The molecule has 7 nitrogen and oxygen atoms in total. The Morgan fingerprint density at radius 2 is 1.69 bits per heavy atom. The monoisotopic (exact) mass is 363 g/mol. The predicted octanol–water partition coefficient (Wildman–Crippen LogP) is 2.28. The molecule has 1 heterocycles. The van der Waals surface area contributed by atoms with E-state index in [0.29, 0.717) is 49.8 Å². The molecule has 2 rings (SSSR count). The summed E-state index contributed by atoms with van der Waals surface area (Å²) in [5.74, 6) is 1.09. The molecule has 0 saturated carbocycles. The molecule has 3 amide bonds. The van der Waals surface area contributed by atoms with Gasteiger partial charge >= 0.3 is 6.03 Å². The Balaban J connectivity index is 2.12. The molecule has 0 aromatic heterocycles. The SMILES string of the molecule is CCCNC(=O)N1CCCN(C(=O)c2cc(OC)c(C)cc2OC)CC1.